The minimum atomic E-state index is -0.0465. The molecule has 0 atom stereocenters. The third-order valence-corrected chi connectivity index (χ3v) is 5.05. The van der Waals surface area contributed by atoms with Gasteiger partial charge in [-0.25, -0.2) is 0 Å². The van der Waals surface area contributed by atoms with Crippen LogP contribution >= 0.6 is 0 Å². The van der Waals surface area contributed by atoms with E-state index >= 15 is 0 Å². The topological polar surface area (TPSA) is 54.5 Å². The molecule has 0 saturated carbocycles. The molecule has 2 rings (SSSR count). The molecule has 0 fully saturated rings. The number of aromatic nitrogens is 1. The molecule has 1 N–H and O–H groups in total. The monoisotopic (exact) mass is 397 g/mol. The summed E-state index contributed by atoms with van der Waals surface area (Å²) in [7, 11) is 0. The van der Waals surface area contributed by atoms with Gasteiger partial charge in [0.1, 0.15) is 18.1 Å². The second-order valence-corrected chi connectivity index (χ2v) is 6.95. The van der Waals surface area contributed by atoms with E-state index < -0.39 is 0 Å². The second-order valence-electron chi connectivity index (χ2n) is 6.95. The number of hydrogen-bond donors (Lipinski definition) is 1. The van der Waals surface area contributed by atoms with Crippen molar-refractivity contribution in [1.82, 2.24) is 15.2 Å². The number of nitrogens with one attached hydrogen (secondary N) is 1. The molecule has 1 aromatic heterocycles. The Morgan fingerprint density at radius 3 is 2.72 bits per heavy atom. The highest BCUT2D eigenvalue weighted by molar-refractivity contribution is 5.93. The molecule has 0 aromatic carbocycles. The summed E-state index contributed by atoms with van der Waals surface area (Å²) in [5.74, 6) is 0.579. The number of amides is 1. The number of pyridine rings is 1. The van der Waals surface area contributed by atoms with E-state index in [4.69, 9.17) is 4.74 Å². The van der Waals surface area contributed by atoms with Crippen LogP contribution in [-0.4, -0.2) is 48.6 Å². The van der Waals surface area contributed by atoms with Gasteiger partial charge < -0.3 is 15.0 Å². The fraction of sp³-hybridized carbons (Fsp3) is 0.417. The van der Waals surface area contributed by atoms with Gasteiger partial charge in [-0.2, -0.15) is 0 Å². The fourth-order valence-corrected chi connectivity index (χ4v) is 3.32. The molecule has 1 amide bonds. The van der Waals surface area contributed by atoms with Crippen LogP contribution in [0.4, 0.5) is 0 Å². The Labute approximate surface area is 176 Å². The van der Waals surface area contributed by atoms with E-state index in [-0.39, 0.29) is 7.33 Å². The lowest BCUT2D eigenvalue weighted by Gasteiger charge is -2.20. The number of ether oxygens (including phenoxy) is 1. The van der Waals surface area contributed by atoms with Crippen molar-refractivity contribution in [2.45, 2.75) is 33.6 Å². The molecule has 0 aliphatic carbocycles. The van der Waals surface area contributed by atoms with E-state index in [1.807, 2.05) is 32.9 Å². The maximum atomic E-state index is 12.6. The molecular weight excluding hydrogens is 362 g/mol. The Hall–Kier alpha value is -2.66. The summed E-state index contributed by atoms with van der Waals surface area (Å²) in [5, 5.41) is 3.37. The number of carbonyl (C=O) groups excluding carboxylic acids is 1. The Morgan fingerprint density at radius 2 is 2.10 bits per heavy atom. The van der Waals surface area contributed by atoms with E-state index in [1.54, 1.807) is 17.2 Å². The summed E-state index contributed by atoms with van der Waals surface area (Å²) in [4.78, 5) is 18.8. The van der Waals surface area contributed by atoms with E-state index in [2.05, 4.69) is 29.5 Å². The maximum absolute atomic E-state index is 12.6. The molecule has 2 heterocycles. The SMILES string of the molecule is C=C/C(C)=C1C(=C)OCCNCCC/C=C\1c1ccc(C(=O)N(CC)CC)nc1.[HH]. The van der Waals surface area contributed by atoms with E-state index in [9.17, 15) is 4.79 Å². The van der Waals surface area contributed by atoms with Gasteiger partial charge in [0.15, 0.2) is 0 Å². The Balaban J connectivity index is 0.00000450. The zero-order valence-corrected chi connectivity index (χ0v) is 18.0. The first kappa shape index (κ1) is 22.6. The van der Waals surface area contributed by atoms with Crippen LogP contribution in [0.2, 0.25) is 0 Å². The molecule has 1 aliphatic heterocycles. The molecular formula is C24H35N3O2. The van der Waals surface area contributed by atoms with Gasteiger partial charge in [-0.1, -0.05) is 31.4 Å². The lowest BCUT2D eigenvalue weighted by Crippen LogP contribution is -2.31. The molecule has 0 unspecified atom stereocenters. The first-order valence-electron chi connectivity index (χ1n) is 10.4. The zero-order valence-electron chi connectivity index (χ0n) is 18.0. The zero-order chi connectivity index (χ0) is 21.2. The Bertz CT molecular complexity index is 793. The first-order valence-corrected chi connectivity index (χ1v) is 10.4. The second kappa shape index (κ2) is 11.4. The van der Waals surface area contributed by atoms with Crippen molar-refractivity contribution in [2.24, 2.45) is 0 Å². The minimum absolute atomic E-state index is 0. The molecule has 5 heteroatoms. The Kier molecular flexibility index (Phi) is 8.87. The third-order valence-electron chi connectivity index (χ3n) is 5.05. The van der Waals surface area contributed by atoms with Crippen LogP contribution in [-0.2, 0) is 4.74 Å². The number of nitrogens with zero attached hydrogens (tertiary/aromatic N) is 2. The van der Waals surface area contributed by atoms with E-state index in [1.165, 1.54) is 0 Å². The van der Waals surface area contributed by atoms with Crippen molar-refractivity contribution in [1.29, 1.82) is 0 Å². The van der Waals surface area contributed by atoms with Crippen LogP contribution in [0.1, 0.15) is 51.1 Å². The van der Waals surface area contributed by atoms with Gasteiger partial charge in [0, 0.05) is 38.4 Å². The average molecular weight is 398 g/mol. The highest BCUT2D eigenvalue weighted by atomic mass is 16.5. The van der Waals surface area contributed by atoms with Crippen molar-refractivity contribution < 1.29 is 11.0 Å². The fourth-order valence-electron chi connectivity index (χ4n) is 3.32. The molecule has 5 nitrogen and oxygen atoms in total. The van der Waals surface area contributed by atoms with Gasteiger partial charge in [0.25, 0.3) is 5.91 Å². The summed E-state index contributed by atoms with van der Waals surface area (Å²) in [6, 6.07) is 3.76. The van der Waals surface area contributed by atoms with Crippen LogP contribution in [0.3, 0.4) is 0 Å². The van der Waals surface area contributed by atoms with E-state index in [0.29, 0.717) is 31.1 Å². The van der Waals surface area contributed by atoms with Crippen LogP contribution in [0.25, 0.3) is 5.57 Å². The predicted octanol–water partition coefficient (Wildman–Crippen LogP) is 4.61. The standard InChI is InChI=1S/C24H33N3O2.H2/c1-6-18(4)23-19(5)29-16-15-25-14-10-9-11-21(23)20-12-13-22(26-17-20)24(28)27(7-2)8-3;/h6,11-13,17,25H,1,5,7-10,14-16H2,2-4H3;1H/b21-11-,23-18+;. The van der Waals surface area contributed by atoms with E-state index in [0.717, 1.165) is 48.2 Å². The van der Waals surface area contributed by atoms with Gasteiger partial charge in [-0.05, 0) is 57.4 Å². The lowest BCUT2D eigenvalue weighted by atomic mass is 9.92. The smallest absolute Gasteiger partial charge is 0.272 e. The number of hydrogen-bond acceptors (Lipinski definition) is 4. The summed E-state index contributed by atoms with van der Waals surface area (Å²) < 4.78 is 5.90. The number of rotatable bonds is 5. The highest BCUT2D eigenvalue weighted by Crippen LogP contribution is 2.32. The summed E-state index contributed by atoms with van der Waals surface area (Å²) in [5.41, 5.74) is 4.35. The van der Waals surface area contributed by atoms with Gasteiger partial charge in [-0.3, -0.25) is 9.78 Å². The molecule has 1 aromatic rings. The predicted molar refractivity (Wildman–Crippen MR) is 122 cm³/mol. The van der Waals surface area contributed by atoms with Crippen molar-refractivity contribution in [2.75, 3.05) is 32.8 Å². The third kappa shape index (κ3) is 5.91. The molecule has 0 bridgehead atoms. The molecule has 0 spiro atoms. The quantitative estimate of drug-likeness (QED) is 0.788. The van der Waals surface area contributed by atoms with Gasteiger partial charge >= 0.3 is 0 Å². The minimum Gasteiger partial charge on any atom is -0.492 e. The molecule has 29 heavy (non-hydrogen) atoms. The average Bonchev–Trinajstić information content (AvgIpc) is 2.78. The summed E-state index contributed by atoms with van der Waals surface area (Å²) >= 11 is 0. The van der Waals surface area contributed by atoms with Gasteiger partial charge in [0.2, 0.25) is 0 Å². The van der Waals surface area contributed by atoms with Crippen LogP contribution in [0, 0.1) is 0 Å². The van der Waals surface area contributed by atoms with Gasteiger partial charge in [0.05, 0.1) is 0 Å². The summed E-state index contributed by atoms with van der Waals surface area (Å²) in [6.07, 6.45) is 7.74. The van der Waals surface area contributed by atoms with Crippen molar-refractivity contribution in [3.63, 3.8) is 0 Å². The molecule has 0 radical (unpaired) electrons. The number of carbonyl (C=O) groups is 1. The largest absolute Gasteiger partial charge is 0.492 e. The maximum Gasteiger partial charge on any atom is 0.272 e. The highest BCUT2D eigenvalue weighted by Gasteiger charge is 2.18. The molecule has 0 saturated heterocycles. The van der Waals surface area contributed by atoms with Crippen molar-refractivity contribution in [3.8, 4) is 0 Å². The van der Waals surface area contributed by atoms with Crippen molar-refractivity contribution in [3.05, 3.63) is 71.8 Å². The normalized spacial score (nSPS) is 19.3. The first-order chi connectivity index (χ1) is 14.0. The van der Waals surface area contributed by atoms with Crippen LogP contribution < -0.4 is 5.32 Å². The van der Waals surface area contributed by atoms with Gasteiger partial charge in [-0.15, -0.1) is 0 Å². The Morgan fingerprint density at radius 1 is 1.34 bits per heavy atom. The lowest BCUT2D eigenvalue weighted by molar-refractivity contribution is 0.0767. The number of allylic oxidation sites excluding steroid dienone is 4. The van der Waals surface area contributed by atoms with Crippen LogP contribution in [0.5, 0.6) is 0 Å². The summed E-state index contributed by atoms with van der Waals surface area (Å²) in [6.45, 7) is 17.7. The molecule has 158 valence electrons. The van der Waals surface area contributed by atoms with Crippen LogP contribution in [0.15, 0.2) is 60.5 Å². The van der Waals surface area contributed by atoms with Crippen molar-refractivity contribution >= 4 is 11.5 Å². The molecule has 1 aliphatic rings.